The number of hydrogen-bond donors (Lipinski definition) is 1. The van der Waals surface area contributed by atoms with E-state index in [1.54, 1.807) is 0 Å². The molecule has 0 unspecified atom stereocenters. The van der Waals surface area contributed by atoms with Gasteiger partial charge in [-0.1, -0.05) is 0 Å². The number of rotatable bonds is 3. The molecule has 0 aliphatic carbocycles. The third-order valence-electron chi connectivity index (χ3n) is 0.788. The molecule has 0 rings (SSSR count). The van der Waals surface area contributed by atoms with Gasteiger partial charge in [-0.25, -0.2) is 8.78 Å². The smallest absolute Gasteiger partial charge is 0.324 e. The van der Waals surface area contributed by atoms with Gasteiger partial charge in [0.2, 0.25) is 0 Å². The predicted octanol–water partition coefficient (Wildman–Crippen LogP) is -0.180. The van der Waals surface area contributed by atoms with Gasteiger partial charge in [0.1, 0.15) is 6.09 Å². The van der Waals surface area contributed by atoms with Crippen molar-refractivity contribution >= 4 is 6.09 Å². The SMILES string of the molecule is O=C([O-])NCC(F)(F)C(F)F. The fourth-order valence-electron chi connectivity index (χ4n) is 0.267. The minimum Gasteiger partial charge on any atom is -0.530 e. The van der Waals surface area contributed by atoms with Gasteiger partial charge >= 0.3 is 12.3 Å². The lowest BCUT2D eigenvalue weighted by Crippen LogP contribution is -2.46. The van der Waals surface area contributed by atoms with Crippen molar-refractivity contribution in [1.29, 1.82) is 0 Å². The number of hydrogen-bond acceptors (Lipinski definition) is 2. The Morgan fingerprint density at radius 2 is 2.00 bits per heavy atom. The maximum atomic E-state index is 11.8. The summed E-state index contributed by atoms with van der Waals surface area (Å²) in [4.78, 5) is 9.47. The molecule has 0 bridgehead atoms. The molecule has 0 saturated heterocycles. The van der Waals surface area contributed by atoms with Crippen LogP contribution in [0.25, 0.3) is 0 Å². The highest BCUT2D eigenvalue weighted by Gasteiger charge is 2.40. The van der Waals surface area contributed by atoms with E-state index in [1.807, 2.05) is 0 Å². The van der Waals surface area contributed by atoms with Crippen LogP contribution in [0.5, 0.6) is 0 Å². The van der Waals surface area contributed by atoms with Gasteiger partial charge in [-0.05, 0) is 0 Å². The summed E-state index contributed by atoms with van der Waals surface area (Å²) in [5.41, 5.74) is 0. The first-order valence-corrected chi connectivity index (χ1v) is 2.47. The van der Waals surface area contributed by atoms with E-state index in [-0.39, 0.29) is 0 Å². The van der Waals surface area contributed by atoms with Crippen molar-refractivity contribution in [3.05, 3.63) is 0 Å². The van der Waals surface area contributed by atoms with E-state index in [0.717, 1.165) is 5.32 Å². The fourth-order valence-corrected chi connectivity index (χ4v) is 0.267. The lowest BCUT2D eigenvalue weighted by atomic mass is 10.3. The molecule has 0 saturated carbocycles. The number of carboxylic acid groups (broad SMARTS) is 1. The molecule has 0 spiro atoms. The number of alkyl halides is 4. The van der Waals surface area contributed by atoms with Crippen LogP contribution in [0.1, 0.15) is 0 Å². The normalized spacial score (nSPS) is 11.7. The van der Waals surface area contributed by atoms with E-state index in [4.69, 9.17) is 0 Å². The van der Waals surface area contributed by atoms with Crippen LogP contribution >= 0.6 is 0 Å². The molecular formula is C4H4F4NO2-. The third-order valence-corrected chi connectivity index (χ3v) is 0.788. The number of nitrogens with one attached hydrogen (secondary N) is 1. The molecule has 0 aliphatic heterocycles. The van der Waals surface area contributed by atoms with E-state index in [9.17, 15) is 27.5 Å². The minimum atomic E-state index is -4.33. The molecule has 0 atom stereocenters. The van der Waals surface area contributed by atoms with Crippen molar-refractivity contribution in [3.63, 3.8) is 0 Å². The molecule has 3 nitrogen and oxygen atoms in total. The molecule has 0 aliphatic rings. The van der Waals surface area contributed by atoms with E-state index < -0.39 is 25.0 Å². The summed E-state index contributed by atoms with van der Waals surface area (Å²) in [6, 6.07) is 0. The first kappa shape index (κ1) is 9.99. The van der Waals surface area contributed by atoms with Crippen molar-refractivity contribution in [2.45, 2.75) is 12.3 Å². The van der Waals surface area contributed by atoms with Crippen LogP contribution in [0, 0.1) is 0 Å². The molecule has 0 fully saturated rings. The lowest BCUT2D eigenvalue weighted by Gasteiger charge is -2.16. The van der Waals surface area contributed by atoms with Crippen LogP contribution in [0.4, 0.5) is 22.4 Å². The van der Waals surface area contributed by atoms with Crippen LogP contribution in [-0.2, 0) is 0 Å². The van der Waals surface area contributed by atoms with E-state index in [1.165, 1.54) is 0 Å². The lowest BCUT2D eigenvalue weighted by molar-refractivity contribution is -0.253. The van der Waals surface area contributed by atoms with E-state index in [2.05, 4.69) is 0 Å². The molecule has 66 valence electrons. The highest BCUT2D eigenvalue weighted by Crippen LogP contribution is 2.21. The van der Waals surface area contributed by atoms with Gasteiger partial charge in [0, 0.05) is 0 Å². The standard InChI is InChI=1S/C4H5F4NO2/c5-2(6)4(7,8)1-9-3(10)11/h2,9H,1H2,(H,10,11)/p-1. The highest BCUT2D eigenvalue weighted by molar-refractivity contribution is 5.61. The second kappa shape index (κ2) is 3.40. The van der Waals surface area contributed by atoms with Gasteiger partial charge in [-0.3, -0.25) is 0 Å². The summed E-state index contributed by atoms with van der Waals surface area (Å²) in [7, 11) is 0. The average molecular weight is 174 g/mol. The van der Waals surface area contributed by atoms with Crippen LogP contribution < -0.4 is 10.4 Å². The Labute approximate surface area is 59.0 Å². The second-order valence-electron chi connectivity index (χ2n) is 1.70. The zero-order valence-corrected chi connectivity index (χ0v) is 5.11. The van der Waals surface area contributed by atoms with Crippen molar-refractivity contribution < 1.29 is 27.5 Å². The first-order valence-electron chi connectivity index (χ1n) is 2.47. The zero-order valence-electron chi connectivity index (χ0n) is 5.11. The summed E-state index contributed by atoms with van der Waals surface area (Å²) in [6.45, 7) is -1.63. The maximum absolute atomic E-state index is 11.8. The molecule has 1 amide bonds. The number of carbonyl (C=O) groups excluding carboxylic acids is 1. The zero-order chi connectivity index (χ0) is 9.07. The van der Waals surface area contributed by atoms with Gasteiger partial charge in [0.25, 0.3) is 0 Å². The molecule has 0 aromatic carbocycles. The Bertz CT molecular complexity index is 149. The van der Waals surface area contributed by atoms with Gasteiger partial charge in [-0.2, -0.15) is 8.78 Å². The molecule has 11 heavy (non-hydrogen) atoms. The second-order valence-corrected chi connectivity index (χ2v) is 1.70. The van der Waals surface area contributed by atoms with E-state index >= 15 is 0 Å². The van der Waals surface area contributed by atoms with Crippen molar-refractivity contribution in [2.75, 3.05) is 6.54 Å². The van der Waals surface area contributed by atoms with Crippen molar-refractivity contribution in [1.82, 2.24) is 5.32 Å². The minimum absolute atomic E-state index is 1.04. The number of halogens is 4. The number of carbonyl (C=O) groups is 1. The average Bonchev–Trinajstić information content (AvgIpc) is 1.84. The fraction of sp³-hybridized carbons (Fsp3) is 0.750. The molecule has 0 heterocycles. The summed E-state index contributed by atoms with van der Waals surface area (Å²) < 4.78 is 46.1. The van der Waals surface area contributed by atoms with Crippen LogP contribution in [0.2, 0.25) is 0 Å². The van der Waals surface area contributed by atoms with E-state index in [0.29, 0.717) is 0 Å². The predicted molar refractivity (Wildman–Crippen MR) is 24.3 cm³/mol. The molecular weight excluding hydrogens is 170 g/mol. The Kier molecular flexibility index (Phi) is 3.09. The largest absolute Gasteiger partial charge is 0.530 e. The maximum Gasteiger partial charge on any atom is 0.324 e. The topological polar surface area (TPSA) is 52.2 Å². The van der Waals surface area contributed by atoms with Crippen LogP contribution in [-0.4, -0.2) is 25.0 Å². The first-order chi connectivity index (χ1) is 4.86. The molecule has 1 N–H and O–H groups in total. The quantitative estimate of drug-likeness (QED) is 0.603. The molecule has 0 radical (unpaired) electrons. The Morgan fingerprint density at radius 3 is 2.27 bits per heavy atom. The summed E-state index contributed by atoms with van der Waals surface area (Å²) in [5.74, 6) is -4.33. The van der Waals surface area contributed by atoms with Crippen LogP contribution in [0.3, 0.4) is 0 Å². The number of amides is 1. The van der Waals surface area contributed by atoms with Gasteiger partial charge in [-0.15, -0.1) is 0 Å². The summed E-state index contributed by atoms with van der Waals surface area (Å²) in [5, 5.41) is 10.5. The summed E-state index contributed by atoms with van der Waals surface area (Å²) >= 11 is 0. The third kappa shape index (κ3) is 3.64. The van der Waals surface area contributed by atoms with Crippen molar-refractivity contribution in [2.24, 2.45) is 0 Å². The molecule has 0 aromatic heterocycles. The van der Waals surface area contributed by atoms with Crippen molar-refractivity contribution in [3.8, 4) is 0 Å². The van der Waals surface area contributed by atoms with Crippen LogP contribution in [0.15, 0.2) is 0 Å². The Balaban J connectivity index is 3.82. The van der Waals surface area contributed by atoms with Gasteiger partial charge in [0.05, 0.1) is 6.54 Å². The Hall–Kier alpha value is -1.01. The van der Waals surface area contributed by atoms with Gasteiger partial charge < -0.3 is 15.2 Å². The molecule has 7 heteroatoms. The monoisotopic (exact) mass is 174 g/mol. The van der Waals surface area contributed by atoms with Gasteiger partial charge in [0.15, 0.2) is 0 Å². The Morgan fingerprint density at radius 1 is 1.55 bits per heavy atom. The summed E-state index contributed by atoms with van der Waals surface area (Å²) in [6.07, 6.45) is -5.89. The molecule has 0 aromatic rings. The highest BCUT2D eigenvalue weighted by atomic mass is 19.3.